The molecule has 2 N–H and O–H groups in total. The first kappa shape index (κ1) is 16.1. The van der Waals surface area contributed by atoms with Crippen LogP contribution in [0.4, 0.5) is 0 Å². The Bertz CT molecular complexity index is 698. The van der Waals surface area contributed by atoms with Crippen LogP contribution in [0, 0.1) is 5.92 Å². The van der Waals surface area contributed by atoms with Crippen LogP contribution in [-0.4, -0.2) is 29.9 Å². The summed E-state index contributed by atoms with van der Waals surface area (Å²) in [6.07, 6.45) is 1.95. The van der Waals surface area contributed by atoms with E-state index < -0.39 is 0 Å². The third-order valence-corrected chi connectivity index (χ3v) is 4.80. The minimum Gasteiger partial charge on any atom is -0.451 e. The molecule has 0 radical (unpaired) electrons. The zero-order valence-corrected chi connectivity index (χ0v) is 13.9. The van der Waals surface area contributed by atoms with Crippen LogP contribution in [0.2, 0.25) is 5.02 Å². The molecule has 1 saturated heterocycles. The predicted molar refractivity (Wildman–Crippen MR) is 91.4 cm³/mol. The van der Waals surface area contributed by atoms with Gasteiger partial charge >= 0.3 is 0 Å². The number of carbonyl (C=O) groups is 1. The van der Waals surface area contributed by atoms with E-state index in [4.69, 9.17) is 21.8 Å². The summed E-state index contributed by atoms with van der Waals surface area (Å²) in [6, 6.07) is 11.0. The van der Waals surface area contributed by atoms with E-state index in [1.54, 1.807) is 18.2 Å². The summed E-state index contributed by atoms with van der Waals surface area (Å²) in [5.74, 6) is 1.45. The largest absolute Gasteiger partial charge is 0.451 e. The molecule has 2 heterocycles. The summed E-state index contributed by atoms with van der Waals surface area (Å²) >= 11 is 6.19. The molecule has 2 aromatic rings. The summed E-state index contributed by atoms with van der Waals surface area (Å²) in [5.41, 5.74) is 6.63. The molecule has 0 bridgehead atoms. The maximum absolute atomic E-state index is 12.7. The van der Waals surface area contributed by atoms with E-state index in [0.29, 0.717) is 29.0 Å². The van der Waals surface area contributed by atoms with Crippen LogP contribution in [0.25, 0.3) is 11.3 Å². The van der Waals surface area contributed by atoms with Crippen molar-refractivity contribution in [3.8, 4) is 11.3 Å². The van der Waals surface area contributed by atoms with Gasteiger partial charge in [0, 0.05) is 24.7 Å². The summed E-state index contributed by atoms with van der Waals surface area (Å²) in [5, 5.41) is 0.604. The lowest BCUT2D eigenvalue weighted by atomic mass is 9.92. The zero-order chi connectivity index (χ0) is 16.4. The first-order chi connectivity index (χ1) is 11.1. The second-order valence-corrected chi connectivity index (χ2v) is 6.57. The molecule has 2 atom stereocenters. The Hall–Kier alpha value is -1.78. The molecule has 2 unspecified atom stereocenters. The minimum atomic E-state index is -0.0920. The predicted octanol–water partition coefficient (Wildman–Crippen LogP) is 3.80. The number of hydrogen-bond donors (Lipinski definition) is 1. The maximum atomic E-state index is 12.7. The van der Waals surface area contributed by atoms with Gasteiger partial charge in [-0.2, -0.15) is 0 Å². The zero-order valence-electron chi connectivity index (χ0n) is 13.2. The van der Waals surface area contributed by atoms with Crippen LogP contribution < -0.4 is 5.73 Å². The number of nitrogens with zero attached hydrogens (tertiary/aromatic N) is 1. The van der Waals surface area contributed by atoms with E-state index in [2.05, 4.69) is 6.92 Å². The Kier molecular flexibility index (Phi) is 4.74. The number of likely N-dealkylation sites (tertiary alicyclic amines) is 1. The molecular weight excluding hydrogens is 312 g/mol. The van der Waals surface area contributed by atoms with E-state index >= 15 is 0 Å². The highest BCUT2D eigenvalue weighted by Gasteiger charge is 2.31. The number of amides is 1. The van der Waals surface area contributed by atoms with Crippen LogP contribution in [-0.2, 0) is 0 Å². The number of rotatable bonds is 3. The number of halogens is 1. The van der Waals surface area contributed by atoms with Gasteiger partial charge in [-0.25, -0.2) is 0 Å². The van der Waals surface area contributed by atoms with Crippen LogP contribution >= 0.6 is 11.6 Å². The molecule has 122 valence electrons. The van der Waals surface area contributed by atoms with Crippen LogP contribution in [0.3, 0.4) is 0 Å². The second-order valence-electron chi connectivity index (χ2n) is 6.16. The summed E-state index contributed by atoms with van der Waals surface area (Å²) in [4.78, 5) is 14.6. The second kappa shape index (κ2) is 6.77. The summed E-state index contributed by atoms with van der Waals surface area (Å²) < 4.78 is 5.77. The maximum Gasteiger partial charge on any atom is 0.289 e. The highest BCUT2D eigenvalue weighted by atomic mass is 35.5. The van der Waals surface area contributed by atoms with Gasteiger partial charge in [0.25, 0.3) is 5.91 Å². The topological polar surface area (TPSA) is 59.5 Å². The Balaban J connectivity index is 1.82. The molecular formula is C18H21ClN2O2. The van der Waals surface area contributed by atoms with Crippen molar-refractivity contribution >= 4 is 17.5 Å². The SMILES string of the molecule is CC1CCN(C(=O)c2ccc(-c3ccccc3Cl)o2)C(CN)C1. The van der Waals surface area contributed by atoms with Crippen molar-refractivity contribution in [2.45, 2.75) is 25.8 Å². The first-order valence-electron chi connectivity index (χ1n) is 7.96. The third kappa shape index (κ3) is 3.28. The highest BCUT2D eigenvalue weighted by molar-refractivity contribution is 6.33. The average Bonchev–Trinajstić information content (AvgIpc) is 3.04. The van der Waals surface area contributed by atoms with Gasteiger partial charge in [-0.05, 0) is 43.0 Å². The molecule has 0 saturated carbocycles. The fraction of sp³-hybridized carbons (Fsp3) is 0.389. The number of piperidine rings is 1. The molecule has 1 aromatic carbocycles. The molecule has 1 fully saturated rings. The molecule has 1 amide bonds. The van der Waals surface area contributed by atoms with Crippen molar-refractivity contribution in [1.29, 1.82) is 0 Å². The molecule has 0 aliphatic carbocycles. The van der Waals surface area contributed by atoms with Gasteiger partial charge in [0.2, 0.25) is 0 Å². The van der Waals surface area contributed by atoms with Gasteiger partial charge in [0.1, 0.15) is 5.76 Å². The minimum absolute atomic E-state index is 0.0834. The van der Waals surface area contributed by atoms with E-state index in [-0.39, 0.29) is 11.9 Å². The molecule has 5 heteroatoms. The Morgan fingerprint density at radius 3 is 2.87 bits per heavy atom. The fourth-order valence-corrected chi connectivity index (χ4v) is 3.37. The third-order valence-electron chi connectivity index (χ3n) is 4.47. The molecule has 3 rings (SSSR count). The van der Waals surface area contributed by atoms with Crippen molar-refractivity contribution in [2.24, 2.45) is 11.7 Å². The lowest BCUT2D eigenvalue weighted by molar-refractivity contribution is 0.0542. The van der Waals surface area contributed by atoms with E-state index in [0.717, 1.165) is 24.9 Å². The Morgan fingerprint density at radius 2 is 2.13 bits per heavy atom. The smallest absolute Gasteiger partial charge is 0.289 e. The Morgan fingerprint density at radius 1 is 1.35 bits per heavy atom. The van der Waals surface area contributed by atoms with E-state index in [1.807, 2.05) is 23.1 Å². The van der Waals surface area contributed by atoms with Gasteiger partial charge < -0.3 is 15.1 Å². The molecule has 1 aromatic heterocycles. The lowest BCUT2D eigenvalue weighted by Gasteiger charge is -2.37. The van der Waals surface area contributed by atoms with E-state index in [9.17, 15) is 4.79 Å². The summed E-state index contributed by atoms with van der Waals surface area (Å²) in [7, 11) is 0. The van der Waals surface area contributed by atoms with Gasteiger partial charge in [-0.15, -0.1) is 0 Å². The van der Waals surface area contributed by atoms with Crippen molar-refractivity contribution in [3.05, 3.63) is 47.2 Å². The van der Waals surface area contributed by atoms with Crippen molar-refractivity contribution in [1.82, 2.24) is 4.90 Å². The van der Waals surface area contributed by atoms with Crippen molar-refractivity contribution < 1.29 is 9.21 Å². The molecule has 23 heavy (non-hydrogen) atoms. The van der Waals surface area contributed by atoms with Crippen molar-refractivity contribution in [3.63, 3.8) is 0 Å². The van der Waals surface area contributed by atoms with Crippen LogP contribution in [0.5, 0.6) is 0 Å². The van der Waals surface area contributed by atoms with Crippen LogP contribution in [0.15, 0.2) is 40.8 Å². The van der Waals surface area contributed by atoms with Gasteiger partial charge in [-0.1, -0.05) is 30.7 Å². The first-order valence-corrected chi connectivity index (χ1v) is 8.33. The number of carbonyl (C=O) groups excluding carboxylic acids is 1. The van der Waals surface area contributed by atoms with E-state index in [1.165, 1.54) is 0 Å². The van der Waals surface area contributed by atoms with Crippen LogP contribution in [0.1, 0.15) is 30.3 Å². The molecule has 0 spiro atoms. The van der Waals surface area contributed by atoms with Gasteiger partial charge in [-0.3, -0.25) is 4.79 Å². The number of furan rings is 1. The van der Waals surface area contributed by atoms with Gasteiger partial charge in [0.15, 0.2) is 5.76 Å². The quantitative estimate of drug-likeness (QED) is 0.930. The number of hydrogen-bond acceptors (Lipinski definition) is 3. The molecule has 1 aliphatic heterocycles. The number of benzene rings is 1. The van der Waals surface area contributed by atoms with Crippen molar-refractivity contribution in [2.75, 3.05) is 13.1 Å². The molecule has 1 aliphatic rings. The standard InChI is InChI=1S/C18H21ClN2O2/c1-12-8-9-21(13(10-12)11-20)18(22)17-7-6-16(23-17)14-4-2-3-5-15(14)19/h2-7,12-13H,8-11,20H2,1H3. The highest BCUT2D eigenvalue weighted by Crippen LogP contribution is 2.30. The fourth-order valence-electron chi connectivity index (χ4n) is 3.14. The monoisotopic (exact) mass is 332 g/mol. The molecule has 4 nitrogen and oxygen atoms in total. The summed E-state index contributed by atoms with van der Waals surface area (Å²) in [6.45, 7) is 3.41. The average molecular weight is 333 g/mol. The normalized spacial score (nSPS) is 21.4. The Labute approximate surface area is 141 Å². The lowest BCUT2D eigenvalue weighted by Crippen LogP contribution is -2.49. The van der Waals surface area contributed by atoms with Gasteiger partial charge in [0.05, 0.1) is 5.02 Å². The number of nitrogens with two attached hydrogens (primary N) is 1.